The van der Waals surface area contributed by atoms with Gasteiger partial charge in [0, 0.05) is 24.2 Å². The van der Waals surface area contributed by atoms with E-state index in [1.54, 1.807) is 0 Å². The number of aryl methyl sites for hydroxylation is 2. The highest BCUT2D eigenvalue weighted by Gasteiger charge is 2.36. The molecule has 36 heavy (non-hydrogen) atoms. The van der Waals surface area contributed by atoms with Crippen molar-refractivity contribution in [2.24, 2.45) is 0 Å². The molecule has 3 aromatic rings. The number of fused-ring (bicyclic) bond motifs is 1. The van der Waals surface area contributed by atoms with E-state index in [-0.39, 0.29) is 5.91 Å². The van der Waals surface area contributed by atoms with Crippen LogP contribution in [0.1, 0.15) is 76.2 Å². The lowest BCUT2D eigenvalue weighted by molar-refractivity contribution is -0.160. The first-order valence-electron chi connectivity index (χ1n) is 12.4. The maximum absolute atomic E-state index is 13.4. The molecule has 1 amide bonds. The molecular formula is C31H35NO4. The molecule has 5 heteroatoms. The van der Waals surface area contributed by atoms with Gasteiger partial charge in [-0.3, -0.25) is 4.79 Å². The molecule has 0 saturated carbocycles. The Balaban J connectivity index is 1.89. The lowest BCUT2D eigenvalue weighted by Gasteiger charge is -2.29. The summed E-state index contributed by atoms with van der Waals surface area (Å²) in [7, 11) is 0. The molecule has 4 rings (SSSR count). The molecule has 1 N–H and O–H groups in total. The average Bonchev–Trinajstić information content (AvgIpc) is 3.26. The highest BCUT2D eigenvalue weighted by atomic mass is 16.5. The first kappa shape index (κ1) is 25.6. The number of nitrogens with zero attached hydrogens (tertiary/aromatic N) is 1. The van der Waals surface area contributed by atoms with E-state index in [9.17, 15) is 14.7 Å². The van der Waals surface area contributed by atoms with Gasteiger partial charge in [-0.25, -0.2) is 4.79 Å². The van der Waals surface area contributed by atoms with E-state index >= 15 is 0 Å². The van der Waals surface area contributed by atoms with Crippen LogP contribution in [0.4, 0.5) is 0 Å². The van der Waals surface area contributed by atoms with E-state index in [1.165, 1.54) is 0 Å². The van der Waals surface area contributed by atoms with Crippen molar-refractivity contribution in [2.45, 2.75) is 73.3 Å². The zero-order valence-corrected chi connectivity index (χ0v) is 22.2. The van der Waals surface area contributed by atoms with Gasteiger partial charge in [0.25, 0.3) is 5.91 Å². The van der Waals surface area contributed by atoms with Crippen LogP contribution in [-0.4, -0.2) is 27.5 Å². The number of rotatable bonds is 5. The number of amides is 1. The third-order valence-electron chi connectivity index (χ3n) is 6.87. The molecule has 0 aromatic heterocycles. The van der Waals surface area contributed by atoms with Gasteiger partial charge in [-0.15, -0.1) is 0 Å². The molecule has 1 heterocycles. The summed E-state index contributed by atoms with van der Waals surface area (Å²) >= 11 is 0. The Bertz CT molecular complexity index is 1330. The molecule has 0 saturated heterocycles. The second-order valence-electron chi connectivity index (χ2n) is 10.8. The Kier molecular flexibility index (Phi) is 6.80. The highest BCUT2D eigenvalue weighted by Crippen LogP contribution is 2.43. The Hall–Kier alpha value is -3.44. The zero-order valence-electron chi connectivity index (χ0n) is 22.2. The lowest BCUT2D eigenvalue weighted by atomic mass is 9.83. The fraction of sp³-hybridized carbons (Fsp3) is 0.355. The van der Waals surface area contributed by atoms with E-state index in [4.69, 9.17) is 4.74 Å². The average molecular weight is 486 g/mol. The molecule has 188 valence electrons. The van der Waals surface area contributed by atoms with E-state index in [0.717, 1.165) is 44.5 Å². The number of hydrogen-bond acceptors (Lipinski definition) is 3. The second kappa shape index (κ2) is 9.55. The molecule has 0 fully saturated rings. The largest absolute Gasteiger partial charge is 0.479 e. The van der Waals surface area contributed by atoms with Crippen LogP contribution >= 0.6 is 0 Å². The van der Waals surface area contributed by atoms with Crippen LogP contribution in [0.2, 0.25) is 0 Å². The van der Waals surface area contributed by atoms with E-state index in [2.05, 4.69) is 0 Å². The minimum Gasteiger partial charge on any atom is -0.479 e. The van der Waals surface area contributed by atoms with Crippen LogP contribution < -0.4 is 0 Å². The van der Waals surface area contributed by atoms with E-state index < -0.39 is 17.7 Å². The van der Waals surface area contributed by atoms with Gasteiger partial charge in [-0.2, -0.15) is 0 Å². The predicted octanol–water partition coefficient (Wildman–Crippen LogP) is 6.68. The molecule has 3 aromatic carbocycles. The minimum absolute atomic E-state index is 0.0205. The van der Waals surface area contributed by atoms with Crippen molar-refractivity contribution in [1.82, 2.24) is 4.90 Å². The predicted molar refractivity (Wildman–Crippen MR) is 142 cm³/mol. The number of hydrogen-bond donors (Lipinski definition) is 1. The standard InChI is InChI=1S/C31H35NO4/c1-18-11-13-22(14-12-18)26-20(3)24-16-32(29(33)23-10-8-9-19(2)15-23)17-25(24)21(4)27(26)28(30(34)35)36-31(5,6)7/h8-15,28H,16-17H2,1-7H3,(H,34,35)/t28-/m0/s1. The summed E-state index contributed by atoms with van der Waals surface area (Å²) in [4.78, 5) is 27.8. The summed E-state index contributed by atoms with van der Waals surface area (Å²) in [5.74, 6) is -1.04. The Morgan fingerprint density at radius 1 is 0.889 bits per heavy atom. The second-order valence-corrected chi connectivity index (χ2v) is 10.8. The number of ether oxygens (including phenoxy) is 1. The molecule has 1 aliphatic heterocycles. The van der Waals surface area contributed by atoms with Crippen LogP contribution in [0.25, 0.3) is 11.1 Å². The molecule has 1 atom stereocenters. The topological polar surface area (TPSA) is 66.8 Å². The van der Waals surface area contributed by atoms with E-state index in [1.807, 2.05) is 102 Å². The summed E-state index contributed by atoms with van der Waals surface area (Å²) in [5.41, 5.74) is 8.66. The van der Waals surface area contributed by atoms with Crippen molar-refractivity contribution in [2.75, 3.05) is 0 Å². The van der Waals surface area contributed by atoms with Crippen molar-refractivity contribution < 1.29 is 19.4 Å². The number of benzene rings is 3. The number of aliphatic carboxylic acids is 1. The Morgan fingerprint density at radius 2 is 1.50 bits per heavy atom. The first-order chi connectivity index (χ1) is 16.9. The van der Waals surface area contributed by atoms with Gasteiger partial charge >= 0.3 is 5.97 Å². The number of carboxylic acid groups (broad SMARTS) is 1. The van der Waals surface area contributed by atoms with Crippen LogP contribution in [0.3, 0.4) is 0 Å². The fourth-order valence-electron chi connectivity index (χ4n) is 5.13. The maximum Gasteiger partial charge on any atom is 0.337 e. The SMILES string of the molecule is Cc1ccc(-c2c(C)c3c(c(C)c2[C@H](OC(C)(C)C)C(=O)O)CN(C(=O)c2cccc(C)c2)C3)cc1. The molecule has 0 aliphatic carbocycles. The quantitative estimate of drug-likeness (QED) is 0.437. The zero-order chi connectivity index (χ0) is 26.4. The third kappa shape index (κ3) is 4.93. The van der Waals surface area contributed by atoms with Gasteiger partial charge in [0.1, 0.15) is 0 Å². The number of carbonyl (C=O) groups is 2. The Morgan fingerprint density at radius 3 is 2.06 bits per heavy atom. The number of carbonyl (C=O) groups excluding carboxylic acids is 1. The summed E-state index contributed by atoms with van der Waals surface area (Å²) in [6.07, 6.45) is -1.13. The van der Waals surface area contributed by atoms with Crippen molar-refractivity contribution in [3.05, 3.63) is 93.0 Å². The van der Waals surface area contributed by atoms with E-state index in [0.29, 0.717) is 24.2 Å². The van der Waals surface area contributed by atoms with Crippen molar-refractivity contribution >= 4 is 11.9 Å². The summed E-state index contributed by atoms with van der Waals surface area (Å²) in [6.45, 7) is 14.5. The van der Waals surface area contributed by atoms with Crippen LogP contribution in [0.15, 0.2) is 48.5 Å². The lowest BCUT2D eigenvalue weighted by Crippen LogP contribution is -2.28. The normalized spacial score (nSPS) is 14.0. The molecule has 0 bridgehead atoms. The Labute approximate surface area is 213 Å². The van der Waals surface area contributed by atoms with Crippen molar-refractivity contribution in [3.8, 4) is 11.1 Å². The van der Waals surface area contributed by atoms with Gasteiger partial charge in [-0.05, 0) is 94.0 Å². The minimum atomic E-state index is -1.13. The summed E-state index contributed by atoms with van der Waals surface area (Å²) in [5, 5.41) is 10.3. The molecule has 5 nitrogen and oxygen atoms in total. The first-order valence-corrected chi connectivity index (χ1v) is 12.4. The maximum atomic E-state index is 13.4. The van der Waals surface area contributed by atoms with Crippen LogP contribution in [0, 0.1) is 27.7 Å². The smallest absolute Gasteiger partial charge is 0.337 e. The van der Waals surface area contributed by atoms with Crippen LogP contribution in [0.5, 0.6) is 0 Å². The van der Waals surface area contributed by atoms with Gasteiger partial charge < -0.3 is 14.7 Å². The molecule has 0 spiro atoms. The molecular weight excluding hydrogens is 450 g/mol. The highest BCUT2D eigenvalue weighted by molar-refractivity contribution is 5.95. The van der Waals surface area contributed by atoms with Crippen molar-refractivity contribution in [3.63, 3.8) is 0 Å². The monoisotopic (exact) mass is 485 g/mol. The molecule has 1 aliphatic rings. The molecule has 0 radical (unpaired) electrons. The number of carboxylic acids is 1. The fourth-order valence-corrected chi connectivity index (χ4v) is 5.13. The van der Waals surface area contributed by atoms with Gasteiger partial charge in [-0.1, -0.05) is 47.5 Å². The van der Waals surface area contributed by atoms with Gasteiger partial charge in [0.15, 0.2) is 6.10 Å². The summed E-state index contributed by atoms with van der Waals surface area (Å²) < 4.78 is 6.14. The summed E-state index contributed by atoms with van der Waals surface area (Å²) in [6, 6.07) is 15.8. The van der Waals surface area contributed by atoms with Gasteiger partial charge in [0.05, 0.1) is 5.60 Å². The van der Waals surface area contributed by atoms with Gasteiger partial charge in [0.2, 0.25) is 0 Å². The third-order valence-corrected chi connectivity index (χ3v) is 6.87. The molecule has 0 unspecified atom stereocenters. The van der Waals surface area contributed by atoms with Crippen LogP contribution in [-0.2, 0) is 22.6 Å². The van der Waals surface area contributed by atoms with Crippen molar-refractivity contribution in [1.29, 1.82) is 0 Å².